The van der Waals surface area contributed by atoms with E-state index in [0.717, 1.165) is 35.5 Å². The van der Waals surface area contributed by atoms with Crippen LogP contribution in [0, 0.1) is 35.5 Å². The summed E-state index contributed by atoms with van der Waals surface area (Å²) in [7, 11) is 0. The highest BCUT2D eigenvalue weighted by Gasteiger charge is 2.34. The Kier molecular flexibility index (Phi) is 8.19. The van der Waals surface area contributed by atoms with E-state index in [0.29, 0.717) is 0 Å². The molecular weight excluding hydrogens is 300 g/mol. The molecular formula is C25H46. The second-order valence-corrected chi connectivity index (χ2v) is 10.1. The number of unbranched alkanes of at least 4 members (excludes halogenated alkanes) is 2. The molecule has 3 aliphatic carbocycles. The zero-order valence-corrected chi connectivity index (χ0v) is 17.5. The van der Waals surface area contributed by atoms with Gasteiger partial charge in [-0.1, -0.05) is 71.6 Å². The first-order valence-electron chi connectivity index (χ1n) is 12.3. The number of rotatable bonds is 7. The van der Waals surface area contributed by atoms with Crippen molar-refractivity contribution < 1.29 is 0 Å². The van der Waals surface area contributed by atoms with Gasteiger partial charge in [0.2, 0.25) is 0 Å². The highest BCUT2D eigenvalue weighted by Crippen LogP contribution is 2.46. The van der Waals surface area contributed by atoms with E-state index in [1.165, 1.54) is 32.1 Å². The first-order valence-corrected chi connectivity index (χ1v) is 12.3. The van der Waals surface area contributed by atoms with E-state index in [1.54, 1.807) is 77.0 Å². The van der Waals surface area contributed by atoms with Crippen molar-refractivity contribution in [3.05, 3.63) is 0 Å². The Bertz CT molecular complexity index is 335. The molecule has 3 fully saturated rings. The van der Waals surface area contributed by atoms with Crippen LogP contribution in [0.3, 0.4) is 0 Å². The van der Waals surface area contributed by atoms with Gasteiger partial charge < -0.3 is 0 Å². The standard InChI is InChI=1S/C25H46/c1-3-5-6-7-21-10-14-23(15-11-21)25-18-16-24(17-19-25)22-12-8-20(4-2)9-13-22/h20-25H,3-19H2,1-2H3. The van der Waals surface area contributed by atoms with Crippen LogP contribution in [0.15, 0.2) is 0 Å². The molecule has 0 radical (unpaired) electrons. The molecule has 0 atom stereocenters. The zero-order valence-electron chi connectivity index (χ0n) is 17.5. The Balaban J connectivity index is 1.33. The molecule has 146 valence electrons. The van der Waals surface area contributed by atoms with Gasteiger partial charge in [0.1, 0.15) is 0 Å². The van der Waals surface area contributed by atoms with Crippen molar-refractivity contribution in [2.75, 3.05) is 0 Å². The van der Waals surface area contributed by atoms with Gasteiger partial charge in [-0.25, -0.2) is 0 Å². The highest BCUT2D eigenvalue weighted by atomic mass is 14.4. The lowest BCUT2D eigenvalue weighted by Gasteiger charge is -2.41. The summed E-state index contributed by atoms with van der Waals surface area (Å²) in [5.74, 6) is 6.60. The Morgan fingerprint density at radius 2 is 0.880 bits per heavy atom. The summed E-state index contributed by atoms with van der Waals surface area (Å²) >= 11 is 0. The van der Waals surface area contributed by atoms with Crippen LogP contribution in [0.2, 0.25) is 0 Å². The highest BCUT2D eigenvalue weighted by molar-refractivity contribution is 4.85. The molecule has 0 nitrogen and oxygen atoms in total. The van der Waals surface area contributed by atoms with E-state index in [-0.39, 0.29) is 0 Å². The minimum absolute atomic E-state index is 1.07. The zero-order chi connectivity index (χ0) is 17.5. The minimum atomic E-state index is 1.07. The average Bonchev–Trinajstić information content (AvgIpc) is 2.69. The maximum absolute atomic E-state index is 2.40. The van der Waals surface area contributed by atoms with Gasteiger partial charge in [-0.15, -0.1) is 0 Å². The summed E-state index contributed by atoms with van der Waals surface area (Å²) in [5.41, 5.74) is 0. The van der Waals surface area contributed by atoms with Crippen molar-refractivity contribution >= 4 is 0 Å². The Hall–Kier alpha value is 0. The van der Waals surface area contributed by atoms with Gasteiger partial charge in [0.05, 0.1) is 0 Å². The Morgan fingerprint density at radius 1 is 0.480 bits per heavy atom. The van der Waals surface area contributed by atoms with E-state index in [2.05, 4.69) is 13.8 Å². The first-order chi connectivity index (χ1) is 12.3. The van der Waals surface area contributed by atoms with Crippen molar-refractivity contribution in [1.82, 2.24) is 0 Å². The fourth-order valence-corrected chi connectivity index (χ4v) is 6.79. The van der Waals surface area contributed by atoms with Gasteiger partial charge in [0.15, 0.2) is 0 Å². The first kappa shape index (κ1) is 19.8. The van der Waals surface area contributed by atoms with E-state index < -0.39 is 0 Å². The van der Waals surface area contributed by atoms with Crippen LogP contribution in [0.1, 0.15) is 123 Å². The predicted molar refractivity (Wildman–Crippen MR) is 111 cm³/mol. The Labute approximate surface area is 158 Å². The van der Waals surface area contributed by atoms with Gasteiger partial charge in [-0.05, 0) is 86.9 Å². The maximum atomic E-state index is 2.40. The molecule has 0 aliphatic heterocycles. The van der Waals surface area contributed by atoms with Gasteiger partial charge >= 0.3 is 0 Å². The summed E-state index contributed by atoms with van der Waals surface area (Å²) in [6.45, 7) is 4.73. The lowest BCUT2D eigenvalue weighted by molar-refractivity contribution is 0.103. The van der Waals surface area contributed by atoms with Crippen molar-refractivity contribution in [1.29, 1.82) is 0 Å². The molecule has 0 N–H and O–H groups in total. The van der Waals surface area contributed by atoms with Gasteiger partial charge in [-0.3, -0.25) is 0 Å². The number of hydrogen-bond donors (Lipinski definition) is 0. The molecule has 0 aromatic rings. The summed E-state index contributed by atoms with van der Waals surface area (Å²) in [6, 6.07) is 0. The third-order valence-corrected chi connectivity index (χ3v) is 8.73. The molecule has 25 heavy (non-hydrogen) atoms. The molecule has 0 saturated heterocycles. The largest absolute Gasteiger partial charge is 0.0654 e. The summed E-state index contributed by atoms with van der Waals surface area (Å²) in [5, 5.41) is 0. The van der Waals surface area contributed by atoms with Crippen molar-refractivity contribution in [2.45, 2.75) is 123 Å². The topological polar surface area (TPSA) is 0 Å². The molecule has 3 saturated carbocycles. The van der Waals surface area contributed by atoms with Crippen LogP contribution in [-0.2, 0) is 0 Å². The molecule has 0 bridgehead atoms. The summed E-state index contributed by atoms with van der Waals surface area (Å²) in [4.78, 5) is 0. The van der Waals surface area contributed by atoms with Crippen LogP contribution in [-0.4, -0.2) is 0 Å². The Morgan fingerprint density at radius 3 is 1.28 bits per heavy atom. The second kappa shape index (κ2) is 10.4. The molecule has 0 spiro atoms. The van der Waals surface area contributed by atoms with Crippen LogP contribution in [0.4, 0.5) is 0 Å². The molecule has 0 aromatic heterocycles. The van der Waals surface area contributed by atoms with Crippen molar-refractivity contribution in [3.8, 4) is 0 Å². The fourth-order valence-electron chi connectivity index (χ4n) is 6.79. The third-order valence-electron chi connectivity index (χ3n) is 8.73. The molecule has 0 heteroatoms. The average molecular weight is 347 g/mol. The van der Waals surface area contributed by atoms with Gasteiger partial charge in [0, 0.05) is 0 Å². The fraction of sp³-hybridized carbons (Fsp3) is 1.00. The third kappa shape index (κ3) is 5.74. The molecule has 3 rings (SSSR count). The van der Waals surface area contributed by atoms with Gasteiger partial charge in [-0.2, -0.15) is 0 Å². The smallest absolute Gasteiger partial charge is 0.0386 e. The lowest BCUT2D eigenvalue weighted by atomic mass is 9.64. The van der Waals surface area contributed by atoms with E-state index in [9.17, 15) is 0 Å². The second-order valence-electron chi connectivity index (χ2n) is 10.1. The summed E-state index contributed by atoms with van der Waals surface area (Å²) < 4.78 is 0. The van der Waals surface area contributed by atoms with E-state index in [4.69, 9.17) is 0 Å². The summed E-state index contributed by atoms with van der Waals surface area (Å²) in [6.07, 6.45) is 26.2. The van der Waals surface area contributed by atoms with E-state index in [1.807, 2.05) is 0 Å². The predicted octanol–water partition coefficient (Wildman–Crippen LogP) is 8.40. The monoisotopic (exact) mass is 346 g/mol. The van der Waals surface area contributed by atoms with Crippen molar-refractivity contribution in [2.24, 2.45) is 35.5 Å². The lowest BCUT2D eigenvalue weighted by Crippen LogP contribution is -2.29. The van der Waals surface area contributed by atoms with Crippen LogP contribution in [0.25, 0.3) is 0 Å². The molecule has 0 aromatic carbocycles. The van der Waals surface area contributed by atoms with Gasteiger partial charge in [0.25, 0.3) is 0 Å². The normalized spacial score (nSPS) is 40.1. The van der Waals surface area contributed by atoms with E-state index >= 15 is 0 Å². The molecule has 3 aliphatic rings. The maximum Gasteiger partial charge on any atom is -0.0386 e. The molecule has 0 unspecified atom stereocenters. The molecule has 0 amide bonds. The SMILES string of the molecule is CCCCCC1CCC(C2CCC(C3CCC(CC)CC3)CC2)CC1. The number of hydrogen-bond acceptors (Lipinski definition) is 0. The quantitative estimate of drug-likeness (QED) is 0.406. The van der Waals surface area contributed by atoms with Crippen LogP contribution in [0.5, 0.6) is 0 Å². The van der Waals surface area contributed by atoms with Crippen LogP contribution >= 0.6 is 0 Å². The minimum Gasteiger partial charge on any atom is -0.0654 e. The van der Waals surface area contributed by atoms with Crippen molar-refractivity contribution in [3.63, 3.8) is 0 Å². The molecule has 0 heterocycles. The van der Waals surface area contributed by atoms with Crippen LogP contribution < -0.4 is 0 Å².